The number of para-hydroxylation sites is 1. The molecule has 2 N–H and O–H groups in total. The molecule has 0 aliphatic carbocycles. The lowest BCUT2D eigenvalue weighted by Crippen LogP contribution is -2.43. The lowest BCUT2D eigenvalue weighted by molar-refractivity contribution is -0.142. The molecule has 0 saturated carbocycles. The first-order valence-corrected chi connectivity index (χ1v) is 7.68. The molecule has 0 aliphatic rings. The summed E-state index contributed by atoms with van der Waals surface area (Å²) in [5.74, 6) is -0.805. The number of esters is 1. The van der Waals surface area contributed by atoms with Gasteiger partial charge in [0.15, 0.2) is 0 Å². The van der Waals surface area contributed by atoms with Gasteiger partial charge in [0.2, 0.25) is 0 Å². The fraction of sp³-hybridized carbons (Fsp3) is 0.158. The highest BCUT2D eigenvalue weighted by Crippen LogP contribution is 2.15. The van der Waals surface area contributed by atoms with Crippen LogP contribution in [0.25, 0.3) is 10.9 Å². The van der Waals surface area contributed by atoms with Gasteiger partial charge in [-0.05, 0) is 17.7 Å². The quantitative estimate of drug-likeness (QED) is 0.710. The van der Waals surface area contributed by atoms with Crippen molar-refractivity contribution in [2.75, 3.05) is 7.11 Å². The fourth-order valence-corrected chi connectivity index (χ4v) is 2.62. The maximum absolute atomic E-state index is 12.5. The number of H-pyrrole nitrogens is 1. The third kappa shape index (κ3) is 3.46. The number of ether oxygens (including phenoxy) is 1. The molecule has 5 heteroatoms. The second-order valence-electron chi connectivity index (χ2n) is 5.51. The third-order valence-electron chi connectivity index (χ3n) is 3.85. The van der Waals surface area contributed by atoms with E-state index < -0.39 is 12.0 Å². The fourth-order valence-electron chi connectivity index (χ4n) is 2.62. The molecule has 122 valence electrons. The molecule has 0 spiro atoms. The Balaban J connectivity index is 1.78. The van der Waals surface area contributed by atoms with Crippen molar-refractivity contribution in [2.45, 2.75) is 12.5 Å². The number of nitrogens with one attached hydrogen (secondary N) is 2. The molecule has 0 saturated heterocycles. The second-order valence-corrected chi connectivity index (χ2v) is 5.51. The lowest BCUT2D eigenvalue weighted by atomic mass is 10.1. The average Bonchev–Trinajstić information content (AvgIpc) is 3.05. The number of methoxy groups -OCH3 is 1. The molecule has 0 radical (unpaired) electrons. The summed E-state index contributed by atoms with van der Waals surface area (Å²) in [6.07, 6.45) is 0.374. The zero-order chi connectivity index (χ0) is 16.9. The average molecular weight is 322 g/mol. The van der Waals surface area contributed by atoms with Crippen LogP contribution in [0.5, 0.6) is 0 Å². The molecular weight excluding hydrogens is 304 g/mol. The molecule has 0 unspecified atom stereocenters. The number of carbonyl (C=O) groups excluding carboxylic acids is 2. The van der Waals surface area contributed by atoms with Crippen LogP contribution in [0.15, 0.2) is 60.7 Å². The molecule has 1 amide bonds. The molecule has 5 nitrogen and oxygen atoms in total. The maximum atomic E-state index is 12.5. The van der Waals surface area contributed by atoms with Crippen LogP contribution in [0.1, 0.15) is 16.1 Å². The molecule has 1 heterocycles. The number of hydrogen-bond donors (Lipinski definition) is 2. The number of benzene rings is 2. The summed E-state index contributed by atoms with van der Waals surface area (Å²) in [7, 11) is 1.31. The first kappa shape index (κ1) is 15.8. The largest absolute Gasteiger partial charge is 0.467 e. The minimum absolute atomic E-state index is 0.336. The van der Waals surface area contributed by atoms with Crippen molar-refractivity contribution in [1.82, 2.24) is 10.3 Å². The van der Waals surface area contributed by atoms with E-state index in [4.69, 9.17) is 4.74 Å². The van der Waals surface area contributed by atoms with Crippen LogP contribution in [0.4, 0.5) is 0 Å². The van der Waals surface area contributed by atoms with Crippen molar-refractivity contribution in [3.05, 3.63) is 71.9 Å². The van der Waals surface area contributed by atoms with Crippen molar-refractivity contribution in [2.24, 2.45) is 0 Å². The molecular formula is C19H18N2O3. The van der Waals surface area contributed by atoms with Crippen LogP contribution in [-0.4, -0.2) is 30.0 Å². The first-order valence-electron chi connectivity index (χ1n) is 7.68. The van der Waals surface area contributed by atoms with E-state index in [0.717, 1.165) is 16.5 Å². The summed E-state index contributed by atoms with van der Waals surface area (Å²) < 4.78 is 4.82. The van der Waals surface area contributed by atoms with E-state index in [2.05, 4.69) is 10.3 Å². The molecule has 24 heavy (non-hydrogen) atoms. The SMILES string of the molecule is COC(=O)[C@H](Cc1ccccc1)NC(=O)c1cc2ccccc2[nH]1. The van der Waals surface area contributed by atoms with Gasteiger partial charge < -0.3 is 15.0 Å². The minimum atomic E-state index is -0.740. The van der Waals surface area contributed by atoms with E-state index in [0.29, 0.717) is 12.1 Å². The Hall–Kier alpha value is -3.08. The van der Waals surface area contributed by atoms with Crippen molar-refractivity contribution < 1.29 is 14.3 Å². The molecule has 3 aromatic rings. The summed E-state index contributed by atoms with van der Waals surface area (Å²) in [6.45, 7) is 0. The van der Waals surface area contributed by atoms with Crippen molar-refractivity contribution in [3.63, 3.8) is 0 Å². The Kier molecular flexibility index (Phi) is 4.61. The van der Waals surface area contributed by atoms with Gasteiger partial charge in [0.05, 0.1) is 7.11 Å². The van der Waals surface area contributed by atoms with Gasteiger partial charge in [0, 0.05) is 17.3 Å². The number of aromatic nitrogens is 1. The van der Waals surface area contributed by atoms with Crippen LogP contribution in [0, 0.1) is 0 Å². The summed E-state index contributed by atoms with van der Waals surface area (Å²) in [6, 6.07) is 18.1. The first-order chi connectivity index (χ1) is 11.7. The number of rotatable bonds is 5. The van der Waals surface area contributed by atoms with Crippen LogP contribution in [0.2, 0.25) is 0 Å². The van der Waals surface area contributed by atoms with Crippen molar-refractivity contribution in [3.8, 4) is 0 Å². The van der Waals surface area contributed by atoms with Crippen LogP contribution in [-0.2, 0) is 16.0 Å². The predicted molar refractivity (Wildman–Crippen MR) is 91.7 cm³/mol. The Bertz CT molecular complexity index is 822. The van der Waals surface area contributed by atoms with Gasteiger partial charge in [0.25, 0.3) is 5.91 Å². The molecule has 2 aromatic carbocycles. The highest BCUT2D eigenvalue weighted by molar-refractivity contribution is 5.99. The summed E-state index contributed by atoms with van der Waals surface area (Å²) >= 11 is 0. The van der Waals surface area contributed by atoms with Crippen LogP contribution < -0.4 is 5.32 Å². The molecule has 0 aliphatic heterocycles. The van der Waals surface area contributed by atoms with Gasteiger partial charge >= 0.3 is 5.97 Å². The minimum Gasteiger partial charge on any atom is -0.467 e. The van der Waals surface area contributed by atoms with E-state index in [1.807, 2.05) is 54.6 Å². The molecule has 1 aromatic heterocycles. The second kappa shape index (κ2) is 7.00. The van der Waals surface area contributed by atoms with Crippen LogP contribution >= 0.6 is 0 Å². The van der Waals surface area contributed by atoms with Gasteiger partial charge in [-0.15, -0.1) is 0 Å². The number of aromatic amines is 1. The number of amides is 1. The maximum Gasteiger partial charge on any atom is 0.328 e. The van der Waals surface area contributed by atoms with E-state index >= 15 is 0 Å². The van der Waals surface area contributed by atoms with Gasteiger partial charge in [-0.2, -0.15) is 0 Å². The molecule has 3 rings (SSSR count). The zero-order valence-electron chi connectivity index (χ0n) is 13.3. The standard InChI is InChI=1S/C19H18N2O3/c1-24-19(23)17(11-13-7-3-2-4-8-13)21-18(22)16-12-14-9-5-6-10-15(14)20-16/h2-10,12,17,20H,11H2,1H3,(H,21,22)/t17-/m0/s1. The summed E-state index contributed by atoms with van der Waals surface area (Å²) in [5.41, 5.74) is 2.24. The Morgan fingerprint density at radius 2 is 1.79 bits per heavy atom. The van der Waals surface area contributed by atoms with E-state index in [1.54, 1.807) is 6.07 Å². The van der Waals surface area contributed by atoms with Gasteiger partial charge in [-0.1, -0.05) is 48.5 Å². The van der Waals surface area contributed by atoms with E-state index in [1.165, 1.54) is 7.11 Å². The summed E-state index contributed by atoms with van der Waals surface area (Å²) in [5, 5.41) is 3.69. The van der Waals surface area contributed by atoms with Crippen molar-refractivity contribution >= 4 is 22.8 Å². The van der Waals surface area contributed by atoms with Gasteiger partial charge in [0.1, 0.15) is 11.7 Å². The highest BCUT2D eigenvalue weighted by atomic mass is 16.5. The Labute approximate surface area is 139 Å². The van der Waals surface area contributed by atoms with Gasteiger partial charge in [-0.25, -0.2) is 4.79 Å². The smallest absolute Gasteiger partial charge is 0.328 e. The Morgan fingerprint density at radius 3 is 2.50 bits per heavy atom. The number of fused-ring (bicyclic) bond motifs is 1. The molecule has 1 atom stereocenters. The third-order valence-corrected chi connectivity index (χ3v) is 3.85. The number of hydrogen-bond acceptors (Lipinski definition) is 3. The van der Waals surface area contributed by atoms with E-state index in [-0.39, 0.29) is 5.91 Å². The normalized spacial score (nSPS) is 11.9. The van der Waals surface area contributed by atoms with E-state index in [9.17, 15) is 9.59 Å². The zero-order valence-corrected chi connectivity index (χ0v) is 13.3. The molecule has 0 fully saturated rings. The monoisotopic (exact) mass is 322 g/mol. The topological polar surface area (TPSA) is 71.2 Å². The number of carbonyl (C=O) groups is 2. The lowest BCUT2D eigenvalue weighted by Gasteiger charge is -2.16. The predicted octanol–water partition coefficient (Wildman–Crippen LogP) is 2.68. The highest BCUT2D eigenvalue weighted by Gasteiger charge is 2.23. The Morgan fingerprint density at radius 1 is 1.08 bits per heavy atom. The van der Waals surface area contributed by atoms with Gasteiger partial charge in [-0.3, -0.25) is 4.79 Å². The summed E-state index contributed by atoms with van der Waals surface area (Å²) in [4.78, 5) is 27.6. The molecule has 0 bridgehead atoms. The van der Waals surface area contributed by atoms with Crippen LogP contribution in [0.3, 0.4) is 0 Å². The van der Waals surface area contributed by atoms with Crippen molar-refractivity contribution in [1.29, 1.82) is 0 Å².